The Balaban J connectivity index is 0.000000204. The lowest BCUT2D eigenvalue weighted by Crippen LogP contribution is -2.27. The van der Waals surface area contributed by atoms with Crippen molar-refractivity contribution in [1.29, 1.82) is 0 Å². The average Bonchev–Trinajstić information content (AvgIpc) is 3.00. The molecule has 1 aromatic heterocycles. The zero-order chi connectivity index (χ0) is 26.0. The Morgan fingerprint density at radius 1 is 0.605 bits per heavy atom. The van der Waals surface area contributed by atoms with E-state index >= 15 is 0 Å². The van der Waals surface area contributed by atoms with E-state index in [0.717, 1.165) is 59.5 Å². The van der Waals surface area contributed by atoms with Gasteiger partial charge in [0.05, 0.1) is 11.1 Å². The normalized spacial score (nSPS) is 22.7. The molecular weight excluding hydrogens is 464 g/mol. The quantitative estimate of drug-likeness (QED) is 0.381. The van der Waals surface area contributed by atoms with Gasteiger partial charge in [-0.3, -0.25) is 4.79 Å². The number of hydrogen-bond donors (Lipinski definition) is 0. The molecule has 4 aliphatic carbocycles. The standard InChI is InChI=1S/C23H32N2O.C12H22/c26-23-21-14-8-7-13-20(21)22(17-19-11-5-2-6-12-19)24-25(23)16-15-18-9-3-1-4-10-18;1-3-7-11(8-4-1)12-9-5-2-6-10-12/h7-8,13-14,18-19H,1-6,9-12,15-17H2;11-12H,1-10H2. The van der Waals surface area contributed by atoms with Gasteiger partial charge in [-0.15, -0.1) is 0 Å². The fourth-order valence-corrected chi connectivity index (χ4v) is 8.26. The van der Waals surface area contributed by atoms with Crippen molar-refractivity contribution in [3.05, 3.63) is 40.3 Å². The lowest BCUT2D eigenvalue weighted by atomic mass is 9.73. The van der Waals surface area contributed by atoms with Gasteiger partial charge in [-0.2, -0.15) is 5.10 Å². The Hall–Kier alpha value is -1.64. The van der Waals surface area contributed by atoms with Crippen molar-refractivity contribution in [2.24, 2.45) is 23.7 Å². The Labute approximate surface area is 232 Å². The van der Waals surface area contributed by atoms with E-state index < -0.39 is 0 Å². The third-order valence-corrected chi connectivity index (χ3v) is 10.6. The second-order valence-corrected chi connectivity index (χ2v) is 13.3. The fourth-order valence-electron chi connectivity index (χ4n) is 8.26. The van der Waals surface area contributed by atoms with Crippen molar-refractivity contribution in [2.45, 2.75) is 148 Å². The number of aromatic nitrogens is 2. The lowest BCUT2D eigenvalue weighted by molar-refractivity contribution is 0.196. The molecule has 0 bridgehead atoms. The Morgan fingerprint density at radius 3 is 1.63 bits per heavy atom. The van der Waals surface area contributed by atoms with Crippen molar-refractivity contribution < 1.29 is 0 Å². The van der Waals surface area contributed by atoms with E-state index in [0.29, 0.717) is 0 Å². The molecule has 4 aliphatic rings. The average molecular weight is 519 g/mol. The summed E-state index contributed by atoms with van der Waals surface area (Å²) in [5.74, 6) is 3.80. The highest BCUT2D eigenvalue weighted by Crippen LogP contribution is 2.38. The van der Waals surface area contributed by atoms with Gasteiger partial charge in [-0.1, -0.05) is 147 Å². The van der Waals surface area contributed by atoms with E-state index in [1.807, 2.05) is 18.2 Å². The molecule has 1 aromatic carbocycles. The Bertz CT molecular complexity index is 1000. The van der Waals surface area contributed by atoms with Crippen molar-refractivity contribution in [1.82, 2.24) is 9.78 Å². The SMILES string of the molecule is C1CCC(C2CCCCC2)CC1.O=c1c2ccccc2c(CC2CCCCC2)nn1CCC1CCCCC1. The van der Waals surface area contributed by atoms with Crippen LogP contribution in [0.5, 0.6) is 0 Å². The van der Waals surface area contributed by atoms with Crippen LogP contribution in [0.2, 0.25) is 0 Å². The fraction of sp³-hybridized carbons (Fsp3) is 0.771. The second kappa shape index (κ2) is 14.7. The molecule has 3 heteroatoms. The molecule has 1 heterocycles. The summed E-state index contributed by atoms with van der Waals surface area (Å²) < 4.78 is 1.79. The van der Waals surface area contributed by atoms with Gasteiger partial charge >= 0.3 is 0 Å². The van der Waals surface area contributed by atoms with Gasteiger partial charge in [-0.25, -0.2) is 4.68 Å². The first-order chi connectivity index (χ1) is 18.8. The van der Waals surface area contributed by atoms with Gasteiger partial charge in [0, 0.05) is 11.9 Å². The maximum atomic E-state index is 12.9. The lowest BCUT2D eigenvalue weighted by Gasteiger charge is -2.32. The first kappa shape index (κ1) is 27.9. The van der Waals surface area contributed by atoms with Gasteiger partial charge in [-0.05, 0) is 42.6 Å². The molecule has 3 nitrogen and oxygen atoms in total. The summed E-state index contributed by atoms with van der Waals surface area (Å²) in [6, 6.07) is 8.11. The van der Waals surface area contributed by atoms with Gasteiger partial charge in [0.2, 0.25) is 0 Å². The molecule has 0 amide bonds. The van der Waals surface area contributed by atoms with E-state index in [1.165, 1.54) is 103 Å². The molecular formula is C35H54N2O. The van der Waals surface area contributed by atoms with Crippen LogP contribution in [-0.4, -0.2) is 9.78 Å². The van der Waals surface area contributed by atoms with Crippen LogP contribution < -0.4 is 5.56 Å². The van der Waals surface area contributed by atoms with Crippen LogP contribution in [0.15, 0.2) is 29.1 Å². The molecule has 0 atom stereocenters. The van der Waals surface area contributed by atoms with Crippen LogP contribution in [0.25, 0.3) is 10.8 Å². The molecule has 4 saturated carbocycles. The molecule has 0 spiro atoms. The van der Waals surface area contributed by atoms with E-state index in [-0.39, 0.29) is 5.56 Å². The predicted octanol–water partition coefficient (Wildman–Crippen LogP) is 9.64. The van der Waals surface area contributed by atoms with E-state index in [9.17, 15) is 4.79 Å². The first-order valence-corrected chi connectivity index (χ1v) is 16.8. The molecule has 210 valence electrons. The summed E-state index contributed by atoms with van der Waals surface area (Å²) >= 11 is 0. The summed E-state index contributed by atoms with van der Waals surface area (Å²) in [6.45, 7) is 0.784. The topological polar surface area (TPSA) is 34.9 Å². The van der Waals surface area contributed by atoms with Crippen LogP contribution in [0.1, 0.15) is 141 Å². The summed E-state index contributed by atoms with van der Waals surface area (Å²) in [5, 5.41) is 6.82. The van der Waals surface area contributed by atoms with Crippen LogP contribution >= 0.6 is 0 Å². The number of rotatable bonds is 6. The highest BCUT2D eigenvalue weighted by atomic mass is 16.1. The second-order valence-electron chi connectivity index (χ2n) is 13.3. The summed E-state index contributed by atoms with van der Waals surface area (Å²) in [4.78, 5) is 12.9. The zero-order valence-electron chi connectivity index (χ0n) is 24.2. The molecule has 38 heavy (non-hydrogen) atoms. The molecule has 0 N–H and O–H groups in total. The first-order valence-electron chi connectivity index (χ1n) is 16.8. The highest BCUT2D eigenvalue weighted by Gasteiger charge is 2.24. The van der Waals surface area contributed by atoms with Crippen molar-refractivity contribution >= 4 is 10.8 Å². The molecule has 4 fully saturated rings. The van der Waals surface area contributed by atoms with Gasteiger partial charge in [0.15, 0.2) is 0 Å². The summed E-state index contributed by atoms with van der Waals surface area (Å²) in [6.07, 6.45) is 31.0. The summed E-state index contributed by atoms with van der Waals surface area (Å²) in [7, 11) is 0. The molecule has 0 unspecified atom stereocenters. The minimum Gasteiger partial charge on any atom is -0.267 e. The monoisotopic (exact) mass is 518 g/mol. The highest BCUT2D eigenvalue weighted by molar-refractivity contribution is 5.83. The summed E-state index contributed by atoms with van der Waals surface area (Å²) in [5.41, 5.74) is 1.25. The predicted molar refractivity (Wildman–Crippen MR) is 161 cm³/mol. The van der Waals surface area contributed by atoms with Crippen molar-refractivity contribution in [3.8, 4) is 0 Å². The van der Waals surface area contributed by atoms with E-state index in [4.69, 9.17) is 5.10 Å². The molecule has 2 aromatic rings. The van der Waals surface area contributed by atoms with Gasteiger partial charge in [0.25, 0.3) is 5.56 Å². The zero-order valence-corrected chi connectivity index (χ0v) is 24.2. The van der Waals surface area contributed by atoms with E-state index in [2.05, 4.69) is 6.07 Å². The molecule has 0 aliphatic heterocycles. The number of benzene rings is 1. The third kappa shape index (κ3) is 7.72. The third-order valence-electron chi connectivity index (χ3n) is 10.6. The smallest absolute Gasteiger partial charge is 0.267 e. The van der Waals surface area contributed by atoms with Crippen LogP contribution in [-0.2, 0) is 13.0 Å². The number of nitrogens with zero attached hydrogens (tertiary/aromatic N) is 2. The number of hydrogen-bond acceptors (Lipinski definition) is 2. The number of aryl methyl sites for hydroxylation is 1. The Morgan fingerprint density at radius 2 is 1.08 bits per heavy atom. The number of fused-ring (bicyclic) bond motifs is 1. The Kier molecular flexibility index (Phi) is 10.8. The molecule has 0 saturated heterocycles. The van der Waals surface area contributed by atoms with Gasteiger partial charge < -0.3 is 0 Å². The van der Waals surface area contributed by atoms with Crippen LogP contribution in [0.3, 0.4) is 0 Å². The largest absolute Gasteiger partial charge is 0.274 e. The van der Waals surface area contributed by atoms with Crippen LogP contribution in [0, 0.1) is 23.7 Å². The maximum Gasteiger partial charge on any atom is 0.274 e. The molecule has 0 radical (unpaired) electrons. The minimum absolute atomic E-state index is 0.101. The van der Waals surface area contributed by atoms with Gasteiger partial charge in [0.1, 0.15) is 0 Å². The molecule has 6 rings (SSSR count). The van der Waals surface area contributed by atoms with Crippen molar-refractivity contribution in [3.63, 3.8) is 0 Å². The van der Waals surface area contributed by atoms with E-state index in [1.54, 1.807) is 30.4 Å². The van der Waals surface area contributed by atoms with Crippen LogP contribution in [0.4, 0.5) is 0 Å². The van der Waals surface area contributed by atoms with Crippen molar-refractivity contribution in [2.75, 3.05) is 0 Å². The minimum atomic E-state index is 0.101. The maximum absolute atomic E-state index is 12.9.